The van der Waals surface area contributed by atoms with Gasteiger partial charge in [-0.3, -0.25) is 19.4 Å². The van der Waals surface area contributed by atoms with Crippen LogP contribution < -0.4 is 4.74 Å². The second-order valence-electron chi connectivity index (χ2n) is 14.1. The van der Waals surface area contributed by atoms with Gasteiger partial charge in [-0.05, 0) is 82.1 Å². The van der Waals surface area contributed by atoms with Crippen molar-refractivity contribution in [3.8, 4) is 11.5 Å². The Morgan fingerprint density at radius 2 is 1.65 bits per heavy atom. The van der Waals surface area contributed by atoms with Crippen LogP contribution in [0.25, 0.3) is 0 Å². The summed E-state index contributed by atoms with van der Waals surface area (Å²) in [5.74, 6) is -1.67. The predicted octanol–water partition coefficient (Wildman–Crippen LogP) is 8.88. The molecule has 0 radical (unpaired) electrons. The van der Waals surface area contributed by atoms with Gasteiger partial charge < -0.3 is 24.7 Å². The fraction of sp³-hybridized carbons (Fsp3) is 0.526. The summed E-state index contributed by atoms with van der Waals surface area (Å²) in [5.41, 5.74) is -1.55. The Labute approximate surface area is 313 Å². The number of likely N-dealkylation sites (tertiary alicyclic amines) is 2. The summed E-state index contributed by atoms with van der Waals surface area (Å²) in [5, 5.41) is 19.0. The highest BCUT2D eigenvalue weighted by atomic mass is 32.1. The van der Waals surface area contributed by atoms with Gasteiger partial charge in [0.15, 0.2) is 0 Å². The van der Waals surface area contributed by atoms with Gasteiger partial charge in [0.1, 0.15) is 22.1 Å². The summed E-state index contributed by atoms with van der Waals surface area (Å²) in [4.78, 5) is 45.1. The van der Waals surface area contributed by atoms with Gasteiger partial charge in [-0.1, -0.05) is 31.5 Å². The fourth-order valence-electron chi connectivity index (χ4n) is 6.78. The lowest BCUT2D eigenvalue weighted by molar-refractivity contribution is -0.147. The van der Waals surface area contributed by atoms with Crippen LogP contribution in [0.5, 0.6) is 11.5 Å². The number of ether oxygens (including phenoxy) is 1. The number of para-hydroxylation sites is 1. The Balaban J connectivity index is 0.000000562. The second kappa shape index (κ2) is 17.9. The molecule has 1 aromatic carbocycles. The molecule has 0 spiro atoms. The monoisotopic (exact) mass is 785 g/mol. The first-order valence-corrected chi connectivity index (χ1v) is 18.6. The number of piperidine rings is 2. The number of aliphatic carboxylic acids is 1. The Morgan fingerprint density at radius 1 is 0.963 bits per heavy atom. The molecule has 54 heavy (non-hydrogen) atoms. The van der Waals surface area contributed by atoms with Crippen LogP contribution in [0.15, 0.2) is 54.0 Å². The van der Waals surface area contributed by atoms with Gasteiger partial charge in [-0.25, -0.2) is 0 Å². The van der Waals surface area contributed by atoms with E-state index in [1.165, 1.54) is 17.2 Å². The van der Waals surface area contributed by atoms with Crippen LogP contribution in [0, 0.1) is 11.3 Å². The first-order valence-electron chi connectivity index (χ1n) is 17.8. The molecule has 2 N–H and O–H groups in total. The molecule has 2 saturated heterocycles. The van der Waals surface area contributed by atoms with E-state index in [1.807, 2.05) is 36.1 Å². The van der Waals surface area contributed by atoms with Gasteiger partial charge in [0, 0.05) is 43.3 Å². The summed E-state index contributed by atoms with van der Waals surface area (Å²) < 4.78 is 82.2. The molecule has 0 saturated carbocycles. The number of benzene rings is 1. The average Bonchev–Trinajstić information content (AvgIpc) is 3.58. The maximum absolute atomic E-state index is 13.9. The van der Waals surface area contributed by atoms with E-state index in [4.69, 9.17) is 9.84 Å². The maximum Gasteiger partial charge on any atom is 0.425 e. The third-order valence-electron chi connectivity index (χ3n) is 9.85. The number of aromatic nitrogens is 1. The van der Waals surface area contributed by atoms with Crippen molar-refractivity contribution in [1.82, 2.24) is 14.8 Å². The molecule has 0 bridgehead atoms. The SMILES string of the molecule is CCCC1C(C(=O)N2CCC(c3ccccc3OCCC(C)(C)C(=O)O)CC2)CCCN1C(=O)c1ncccc1C(F)(F)F.Oc1csc(C(F)(F)F)c1. The number of carbonyl (C=O) groups excluding carboxylic acids is 2. The molecular weight excluding hydrogens is 740 g/mol. The molecule has 16 heteroatoms. The number of carboxylic acid groups (broad SMARTS) is 1. The molecule has 0 aliphatic carbocycles. The number of amides is 2. The van der Waals surface area contributed by atoms with Crippen molar-refractivity contribution < 1.29 is 55.7 Å². The van der Waals surface area contributed by atoms with Crippen LogP contribution >= 0.6 is 11.3 Å². The Bertz CT molecular complexity index is 1740. The molecule has 2 aliphatic heterocycles. The molecule has 2 aromatic heterocycles. The van der Waals surface area contributed by atoms with E-state index < -0.39 is 57.7 Å². The lowest BCUT2D eigenvalue weighted by Gasteiger charge is -2.43. The zero-order valence-corrected chi connectivity index (χ0v) is 31.1. The third kappa shape index (κ3) is 10.7. The summed E-state index contributed by atoms with van der Waals surface area (Å²) in [7, 11) is 0. The fourth-order valence-corrected chi connectivity index (χ4v) is 7.42. The molecular formula is C38H45F6N3O6S. The molecule has 4 heterocycles. The van der Waals surface area contributed by atoms with E-state index >= 15 is 0 Å². The van der Waals surface area contributed by atoms with Crippen LogP contribution in [0.1, 0.15) is 98.1 Å². The lowest BCUT2D eigenvalue weighted by atomic mass is 9.83. The number of carboxylic acids is 1. The Hall–Kier alpha value is -4.34. The topological polar surface area (TPSA) is 120 Å². The highest BCUT2D eigenvalue weighted by Gasteiger charge is 2.43. The summed E-state index contributed by atoms with van der Waals surface area (Å²) in [6.07, 6.45) is -3.78. The molecule has 3 aromatic rings. The second-order valence-corrected chi connectivity index (χ2v) is 15.0. The van der Waals surface area contributed by atoms with Crippen LogP contribution in [0.4, 0.5) is 26.3 Å². The minimum atomic E-state index is -4.71. The van der Waals surface area contributed by atoms with Gasteiger partial charge in [-0.15, -0.1) is 11.3 Å². The van der Waals surface area contributed by atoms with E-state index in [0.717, 1.165) is 22.8 Å². The third-order valence-corrected chi connectivity index (χ3v) is 10.8. The number of aromatic hydroxyl groups is 1. The van der Waals surface area contributed by atoms with Crippen molar-refractivity contribution >= 4 is 29.1 Å². The molecule has 2 atom stereocenters. The highest BCUT2D eigenvalue weighted by Crippen LogP contribution is 2.38. The number of nitrogens with zero attached hydrogens (tertiary/aromatic N) is 3. The van der Waals surface area contributed by atoms with Crippen LogP contribution in [-0.2, 0) is 21.9 Å². The first-order chi connectivity index (χ1) is 25.3. The lowest BCUT2D eigenvalue weighted by Crippen LogP contribution is -2.54. The van der Waals surface area contributed by atoms with Crippen molar-refractivity contribution in [1.29, 1.82) is 0 Å². The Morgan fingerprint density at radius 3 is 2.22 bits per heavy atom. The van der Waals surface area contributed by atoms with Crippen LogP contribution in [0.3, 0.4) is 0 Å². The van der Waals surface area contributed by atoms with Gasteiger partial charge in [0.2, 0.25) is 5.91 Å². The Kier molecular flexibility index (Phi) is 14.0. The van der Waals surface area contributed by atoms with Crippen LogP contribution in [-0.4, -0.2) is 75.1 Å². The quantitative estimate of drug-likeness (QED) is 0.197. The zero-order chi connectivity index (χ0) is 39.8. The van der Waals surface area contributed by atoms with Gasteiger partial charge in [0.25, 0.3) is 5.91 Å². The van der Waals surface area contributed by atoms with Gasteiger partial charge >= 0.3 is 18.3 Å². The van der Waals surface area contributed by atoms with Crippen molar-refractivity contribution in [3.05, 3.63) is 75.7 Å². The van der Waals surface area contributed by atoms with Crippen molar-refractivity contribution in [2.45, 2.75) is 90.0 Å². The summed E-state index contributed by atoms with van der Waals surface area (Å²) >= 11 is 0.481. The molecule has 2 aliphatic rings. The molecule has 2 fully saturated rings. The van der Waals surface area contributed by atoms with E-state index in [0.29, 0.717) is 75.4 Å². The van der Waals surface area contributed by atoms with Crippen molar-refractivity contribution in [3.63, 3.8) is 0 Å². The number of rotatable bonds is 10. The normalized spacial score (nSPS) is 18.5. The predicted molar refractivity (Wildman–Crippen MR) is 189 cm³/mol. The van der Waals surface area contributed by atoms with E-state index in [2.05, 4.69) is 4.98 Å². The minimum Gasteiger partial charge on any atom is -0.507 e. The maximum atomic E-state index is 13.9. The average molecular weight is 786 g/mol. The smallest absolute Gasteiger partial charge is 0.425 e. The molecule has 296 valence electrons. The number of thiophene rings is 1. The van der Waals surface area contributed by atoms with E-state index in [1.54, 1.807) is 13.8 Å². The number of hydrogen-bond donors (Lipinski definition) is 2. The molecule has 9 nitrogen and oxygen atoms in total. The number of halogens is 6. The standard InChI is InChI=1S/C33H42F3N3O5.C5H3F3OS/c1-4-9-26-24(11-8-18-39(26)30(41)28-25(33(34,35)36)12-7-17-37-28)29(40)38-19-14-22(15-20-38)23-10-5-6-13-27(23)44-21-16-32(2,3)31(42)43;6-5(7,8)4-1-3(9)2-10-4/h5-7,10,12-13,17,22,24,26H,4,8-9,11,14-16,18-21H2,1-3H3,(H,42,43);1-2,9H. The van der Waals surface area contributed by atoms with Crippen molar-refractivity contribution in [2.24, 2.45) is 11.3 Å². The minimum absolute atomic E-state index is 0.0584. The zero-order valence-electron chi connectivity index (χ0n) is 30.3. The molecule has 2 unspecified atom stereocenters. The number of carbonyl (C=O) groups is 3. The van der Waals surface area contributed by atoms with E-state index in [9.17, 15) is 45.8 Å². The highest BCUT2D eigenvalue weighted by molar-refractivity contribution is 7.10. The first kappa shape index (κ1) is 42.4. The molecule has 5 rings (SSSR count). The number of hydrogen-bond acceptors (Lipinski definition) is 7. The summed E-state index contributed by atoms with van der Waals surface area (Å²) in [6.45, 7) is 6.87. The number of alkyl halides is 6. The van der Waals surface area contributed by atoms with Gasteiger partial charge in [0.05, 0.1) is 23.5 Å². The van der Waals surface area contributed by atoms with E-state index in [-0.39, 0.29) is 30.7 Å². The van der Waals surface area contributed by atoms with Crippen molar-refractivity contribution in [2.75, 3.05) is 26.2 Å². The van der Waals surface area contributed by atoms with Crippen LogP contribution in [0.2, 0.25) is 0 Å². The summed E-state index contributed by atoms with van der Waals surface area (Å²) in [6, 6.07) is 9.95. The van der Waals surface area contributed by atoms with Gasteiger partial charge in [-0.2, -0.15) is 26.3 Å². The number of pyridine rings is 1. The largest absolute Gasteiger partial charge is 0.507 e. The molecule has 2 amide bonds.